The summed E-state index contributed by atoms with van der Waals surface area (Å²) in [6.07, 6.45) is 2.35. The normalized spacial score (nSPS) is 14.9. The molecule has 0 bridgehead atoms. The van der Waals surface area contributed by atoms with Gasteiger partial charge in [0.05, 0.1) is 0 Å². The number of rotatable bonds is 6. The van der Waals surface area contributed by atoms with Crippen LogP contribution in [0, 0.1) is 4.77 Å². The minimum absolute atomic E-state index is 0.0896. The molecule has 0 radical (unpaired) electrons. The first kappa shape index (κ1) is 12.3. The highest BCUT2D eigenvalue weighted by Crippen LogP contribution is 2.38. The van der Waals surface area contributed by atoms with Crippen LogP contribution in [0.15, 0.2) is 0 Å². The first-order valence-corrected chi connectivity index (χ1v) is 6.04. The van der Waals surface area contributed by atoms with Crippen molar-refractivity contribution in [3.8, 4) is 0 Å². The fourth-order valence-electron chi connectivity index (χ4n) is 1.69. The molecule has 17 heavy (non-hydrogen) atoms. The summed E-state index contributed by atoms with van der Waals surface area (Å²) in [5.74, 6) is 1.43. The SMILES string of the molecule is COCC(=O)NCCn1c(C2CC2)n[nH]c1=S. The third kappa shape index (κ3) is 3.13. The second kappa shape index (κ2) is 5.42. The van der Waals surface area contributed by atoms with Crippen molar-refractivity contribution in [1.82, 2.24) is 20.1 Å². The standard InChI is InChI=1S/C10H16N4O2S/c1-16-6-8(15)11-4-5-14-9(7-2-3-7)12-13-10(14)17/h7H,2-6H2,1H3,(H,11,15)(H,13,17). The van der Waals surface area contributed by atoms with Gasteiger partial charge in [-0.05, 0) is 25.1 Å². The van der Waals surface area contributed by atoms with Crippen LogP contribution in [0.5, 0.6) is 0 Å². The lowest BCUT2D eigenvalue weighted by atomic mass is 10.4. The predicted octanol–water partition coefficient (Wildman–Crippen LogP) is 0.581. The quantitative estimate of drug-likeness (QED) is 0.730. The third-order valence-electron chi connectivity index (χ3n) is 2.66. The number of hydrogen-bond donors (Lipinski definition) is 2. The molecule has 1 fully saturated rings. The molecule has 1 amide bonds. The van der Waals surface area contributed by atoms with E-state index in [2.05, 4.69) is 15.5 Å². The minimum Gasteiger partial charge on any atom is -0.375 e. The van der Waals surface area contributed by atoms with Crippen LogP contribution in [0.3, 0.4) is 0 Å². The molecule has 1 saturated carbocycles. The Labute approximate surface area is 104 Å². The lowest BCUT2D eigenvalue weighted by Gasteiger charge is -2.07. The Bertz CT molecular complexity index is 449. The number of H-pyrrole nitrogens is 1. The molecule has 2 N–H and O–H groups in total. The van der Waals surface area contributed by atoms with Gasteiger partial charge in [-0.3, -0.25) is 9.89 Å². The number of nitrogens with one attached hydrogen (secondary N) is 2. The molecule has 0 aromatic carbocycles. The molecule has 1 aromatic heterocycles. The van der Waals surface area contributed by atoms with Gasteiger partial charge in [0.1, 0.15) is 12.4 Å². The summed E-state index contributed by atoms with van der Waals surface area (Å²) >= 11 is 5.16. The molecular formula is C10H16N4O2S. The Morgan fingerprint density at radius 3 is 3.12 bits per heavy atom. The molecule has 2 rings (SSSR count). The van der Waals surface area contributed by atoms with Crippen LogP contribution in [-0.2, 0) is 16.1 Å². The van der Waals surface area contributed by atoms with Gasteiger partial charge in [0.2, 0.25) is 5.91 Å². The maximum atomic E-state index is 11.2. The zero-order valence-electron chi connectivity index (χ0n) is 9.73. The van der Waals surface area contributed by atoms with Crippen molar-refractivity contribution in [3.05, 3.63) is 10.6 Å². The number of amides is 1. The van der Waals surface area contributed by atoms with Gasteiger partial charge < -0.3 is 14.6 Å². The molecule has 0 aliphatic heterocycles. The molecule has 6 nitrogen and oxygen atoms in total. The summed E-state index contributed by atoms with van der Waals surface area (Å²) in [5.41, 5.74) is 0. The van der Waals surface area contributed by atoms with E-state index >= 15 is 0 Å². The van der Waals surface area contributed by atoms with Gasteiger partial charge in [-0.15, -0.1) is 0 Å². The Kier molecular flexibility index (Phi) is 3.90. The minimum atomic E-state index is -0.115. The van der Waals surface area contributed by atoms with Gasteiger partial charge in [0.15, 0.2) is 4.77 Å². The van der Waals surface area contributed by atoms with Gasteiger partial charge in [0, 0.05) is 26.1 Å². The van der Waals surface area contributed by atoms with Crippen molar-refractivity contribution in [2.24, 2.45) is 0 Å². The monoisotopic (exact) mass is 256 g/mol. The first-order chi connectivity index (χ1) is 8.22. The smallest absolute Gasteiger partial charge is 0.246 e. The lowest BCUT2D eigenvalue weighted by Crippen LogP contribution is -2.30. The number of aromatic nitrogens is 3. The highest BCUT2D eigenvalue weighted by Gasteiger charge is 2.28. The zero-order valence-corrected chi connectivity index (χ0v) is 10.5. The summed E-state index contributed by atoms with van der Waals surface area (Å²) in [7, 11) is 1.50. The molecule has 0 atom stereocenters. The summed E-state index contributed by atoms with van der Waals surface area (Å²) in [6, 6.07) is 0. The molecule has 1 heterocycles. The molecule has 0 spiro atoms. The largest absolute Gasteiger partial charge is 0.375 e. The molecule has 1 aliphatic rings. The Morgan fingerprint density at radius 2 is 2.47 bits per heavy atom. The molecule has 1 aliphatic carbocycles. The van der Waals surface area contributed by atoms with E-state index in [1.807, 2.05) is 4.57 Å². The number of hydrogen-bond acceptors (Lipinski definition) is 4. The summed E-state index contributed by atoms with van der Waals surface area (Å²) < 4.78 is 7.31. The van der Waals surface area contributed by atoms with Crippen LogP contribution in [0.2, 0.25) is 0 Å². The Morgan fingerprint density at radius 1 is 1.71 bits per heavy atom. The molecular weight excluding hydrogens is 240 g/mol. The maximum absolute atomic E-state index is 11.2. The van der Waals surface area contributed by atoms with Crippen molar-refractivity contribution in [1.29, 1.82) is 0 Å². The molecule has 1 aromatic rings. The second-order valence-electron chi connectivity index (χ2n) is 4.10. The van der Waals surface area contributed by atoms with E-state index in [9.17, 15) is 4.79 Å². The molecule has 0 unspecified atom stereocenters. The van der Waals surface area contributed by atoms with Gasteiger partial charge in [-0.2, -0.15) is 5.10 Å². The average Bonchev–Trinajstić information content (AvgIpc) is 3.06. The summed E-state index contributed by atoms with van der Waals surface area (Å²) in [6.45, 7) is 1.28. The molecule has 0 saturated heterocycles. The number of methoxy groups -OCH3 is 1. The van der Waals surface area contributed by atoms with Crippen LogP contribution in [-0.4, -0.2) is 40.9 Å². The van der Waals surface area contributed by atoms with Crippen LogP contribution < -0.4 is 5.32 Å². The zero-order chi connectivity index (χ0) is 12.3. The molecule has 7 heteroatoms. The van der Waals surface area contributed by atoms with E-state index < -0.39 is 0 Å². The average molecular weight is 256 g/mol. The highest BCUT2D eigenvalue weighted by atomic mass is 32.1. The van der Waals surface area contributed by atoms with E-state index in [-0.39, 0.29) is 12.5 Å². The number of ether oxygens (including phenoxy) is 1. The number of carbonyl (C=O) groups is 1. The van der Waals surface area contributed by atoms with Crippen molar-refractivity contribution in [2.75, 3.05) is 20.3 Å². The second-order valence-corrected chi connectivity index (χ2v) is 4.48. The first-order valence-electron chi connectivity index (χ1n) is 5.63. The predicted molar refractivity (Wildman–Crippen MR) is 64.3 cm³/mol. The Balaban J connectivity index is 1.88. The highest BCUT2D eigenvalue weighted by molar-refractivity contribution is 7.71. The topological polar surface area (TPSA) is 71.9 Å². The van der Waals surface area contributed by atoms with E-state index in [1.165, 1.54) is 20.0 Å². The molecule has 94 valence electrons. The van der Waals surface area contributed by atoms with Crippen LogP contribution in [0.1, 0.15) is 24.6 Å². The van der Waals surface area contributed by atoms with Crippen molar-refractivity contribution in [2.45, 2.75) is 25.3 Å². The fraction of sp³-hybridized carbons (Fsp3) is 0.700. The van der Waals surface area contributed by atoms with Crippen molar-refractivity contribution >= 4 is 18.1 Å². The van der Waals surface area contributed by atoms with E-state index in [1.54, 1.807) is 0 Å². The van der Waals surface area contributed by atoms with Crippen LogP contribution in [0.4, 0.5) is 0 Å². The van der Waals surface area contributed by atoms with E-state index in [4.69, 9.17) is 17.0 Å². The van der Waals surface area contributed by atoms with E-state index in [0.29, 0.717) is 23.8 Å². The number of aromatic amines is 1. The summed E-state index contributed by atoms with van der Waals surface area (Å²) in [4.78, 5) is 11.2. The van der Waals surface area contributed by atoms with Gasteiger partial charge in [-0.25, -0.2) is 0 Å². The van der Waals surface area contributed by atoms with Crippen LogP contribution in [0.25, 0.3) is 0 Å². The number of carbonyl (C=O) groups excluding carboxylic acids is 1. The van der Waals surface area contributed by atoms with Gasteiger partial charge in [0.25, 0.3) is 0 Å². The fourth-order valence-corrected chi connectivity index (χ4v) is 1.92. The van der Waals surface area contributed by atoms with Gasteiger partial charge in [-0.1, -0.05) is 0 Å². The van der Waals surface area contributed by atoms with Crippen molar-refractivity contribution < 1.29 is 9.53 Å². The summed E-state index contributed by atoms with van der Waals surface area (Å²) in [5, 5.41) is 9.78. The van der Waals surface area contributed by atoms with Crippen molar-refractivity contribution in [3.63, 3.8) is 0 Å². The third-order valence-corrected chi connectivity index (χ3v) is 2.97. The van der Waals surface area contributed by atoms with Crippen LogP contribution >= 0.6 is 12.2 Å². The maximum Gasteiger partial charge on any atom is 0.246 e. The number of nitrogens with zero attached hydrogens (tertiary/aromatic N) is 2. The van der Waals surface area contributed by atoms with E-state index in [0.717, 1.165) is 5.82 Å². The van der Waals surface area contributed by atoms with Gasteiger partial charge >= 0.3 is 0 Å². The lowest BCUT2D eigenvalue weighted by molar-refractivity contribution is -0.124. The Hall–Kier alpha value is -1.21.